The van der Waals surface area contributed by atoms with Crippen molar-refractivity contribution in [1.82, 2.24) is 9.78 Å². The fourth-order valence-corrected chi connectivity index (χ4v) is 1.55. The van der Waals surface area contributed by atoms with E-state index in [1.54, 1.807) is 4.68 Å². The van der Waals surface area contributed by atoms with E-state index in [4.69, 9.17) is 5.73 Å². The molecule has 0 amide bonds. The lowest BCUT2D eigenvalue weighted by molar-refractivity contribution is 0.802. The SMILES string of the molecule is CNc1cccc2c1c(N)nn2C. The fraction of sp³-hybridized carbons (Fsp3) is 0.222. The summed E-state index contributed by atoms with van der Waals surface area (Å²) in [5, 5.41) is 8.24. The summed E-state index contributed by atoms with van der Waals surface area (Å²) in [5.41, 5.74) is 7.84. The standard InChI is InChI=1S/C9H12N4/c1-11-6-4-3-5-7-8(6)9(10)12-13(7)2/h3-5,11H,1-2H3,(H2,10,12). The number of aromatic nitrogens is 2. The zero-order valence-corrected chi connectivity index (χ0v) is 7.70. The highest BCUT2D eigenvalue weighted by atomic mass is 15.3. The molecule has 3 N–H and O–H groups in total. The Kier molecular flexibility index (Phi) is 1.62. The van der Waals surface area contributed by atoms with Gasteiger partial charge in [-0.1, -0.05) is 6.07 Å². The number of anilines is 2. The van der Waals surface area contributed by atoms with Crippen LogP contribution in [-0.4, -0.2) is 16.8 Å². The summed E-state index contributed by atoms with van der Waals surface area (Å²) in [7, 11) is 3.76. The molecule has 1 heterocycles. The highest BCUT2D eigenvalue weighted by Crippen LogP contribution is 2.27. The van der Waals surface area contributed by atoms with Crippen LogP contribution in [0.1, 0.15) is 0 Å². The maximum absolute atomic E-state index is 5.78. The first-order chi connectivity index (χ1) is 6.24. The quantitative estimate of drug-likeness (QED) is 0.686. The normalized spacial score (nSPS) is 10.6. The third-order valence-electron chi connectivity index (χ3n) is 2.17. The number of rotatable bonds is 1. The van der Waals surface area contributed by atoms with Gasteiger partial charge in [-0.15, -0.1) is 0 Å². The number of hydrogen-bond donors (Lipinski definition) is 2. The second-order valence-corrected chi connectivity index (χ2v) is 2.96. The topological polar surface area (TPSA) is 55.9 Å². The number of aryl methyl sites for hydroxylation is 1. The van der Waals surface area contributed by atoms with Crippen molar-refractivity contribution >= 4 is 22.4 Å². The van der Waals surface area contributed by atoms with Crippen LogP contribution in [0.4, 0.5) is 11.5 Å². The average molecular weight is 176 g/mol. The molecule has 13 heavy (non-hydrogen) atoms. The van der Waals surface area contributed by atoms with Gasteiger partial charge in [0.15, 0.2) is 5.82 Å². The molecule has 68 valence electrons. The summed E-state index contributed by atoms with van der Waals surface area (Å²) in [6.07, 6.45) is 0. The van der Waals surface area contributed by atoms with E-state index in [9.17, 15) is 0 Å². The summed E-state index contributed by atoms with van der Waals surface area (Å²) in [6, 6.07) is 5.97. The Labute approximate surface area is 76.3 Å². The van der Waals surface area contributed by atoms with E-state index in [-0.39, 0.29) is 0 Å². The van der Waals surface area contributed by atoms with Gasteiger partial charge in [0.25, 0.3) is 0 Å². The maximum atomic E-state index is 5.78. The Bertz CT molecular complexity index is 444. The Balaban J connectivity index is 2.88. The first-order valence-corrected chi connectivity index (χ1v) is 4.13. The minimum atomic E-state index is 0.572. The van der Waals surface area contributed by atoms with Gasteiger partial charge < -0.3 is 11.1 Å². The van der Waals surface area contributed by atoms with E-state index < -0.39 is 0 Å². The van der Waals surface area contributed by atoms with Crippen molar-refractivity contribution in [3.63, 3.8) is 0 Å². The third kappa shape index (κ3) is 1.02. The molecule has 2 aromatic rings. The molecule has 0 aliphatic rings. The van der Waals surface area contributed by atoms with Crippen molar-refractivity contribution in [2.45, 2.75) is 0 Å². The average Bonchev–Trinajstić information content (AvgIpc) is 2.43. The molecule has 0 fully saturated rings. The minimum Gasteiger partial charge on any atom is -0.387 e. The number of benzene rings is 1. The molecule has 1 aromatic heterocycles. The molecule has 4 heteroatoms. The molecule has 4 nitrogen and oxygen atoms in total. The summed E-state index contributed by atoms with van der Waals surface area (Å²) < 4.78 is 1.78. The van der Waals surface area contributed by atoms with E-state index in [1.165, 1.54) is 0 Å². The summed E-state index contributed by atoms with van der Waals surface area (Å²) >= 11 is 0. The lowest BCUT2D eigenvalue weighted by Gasteiger charge is -2.01. The van der Waals surface area contributed by atoms with Crippen molar-refractivity contribution in [2.24, 2.45) is 7.05 Å². The van der Waals surface area contributed by atoms with Gasteiger partial charge in [-0.3, -0.25) is 4.68 Å². The lowest BCUT2D eigenvalue weighted by Crippen LogP contribution is -1.91. The highest BCUT2D eigenvalue weighted by Gasteiger charge is 2.08. The molecule has 0 radical (unpaired) electrons. The van der Waals surface area contributed by atoms with Crippen LogP contribution in [0.2, 0.25) is 0 Å². The predicted octanol–water partition coefficient (Wildman–Crippen LogP) is 1.20. The van der Waals surface area contributed by atoms with Crippen molar-refractivity contribution in [2.75, 3.05) is 18.1 Å². The van der Waals surface area contributed by atoms with Crippen molar-refractivity contribution in [1.29, 1.82) is 0 Å². The monoisotopic (exact) mass is 176 g/mol. The predicted molar refractivity (Wildman–Crippen MR) is 54.7 cm³/mol. The van der Waals surface area contributed by atoms with Crippen LogP contribution in [0.5, 0.6) is 0 Å². The smallest absolute Gasteiger partial charge is 0.155 e. The molecule has 0 unspecified atom stereocenters. The van der Waals surface area contributed by atoms with E-state index >= 15 is 0 Å². The number of hydrogen-bond acceptors (Lipinski definition) is 3. The molecule has 1 aromatic carbocycles. The maximum Gasteiger partial charge on any atom is 0.155 e. The van der Waals surface area contributed by atoms with E-state index in [0.717, 1.165) is 16.6 Å². The van der Waals surface area contributed by atoms with Gasteiger partial charge >= 0.3 is 0 Å². The van der Waals surface area contributed by atoms with Gasteiger partial charge in [-0.05, 0) is 12.1 Å². The summed E-state index contributed by atoms with van der Waals surface area (Å²) in [4.78, 5) is 0. The van der Waals surface area contributed by atoms with E-state index in [2.05, 4.69) is 10.4 Å². The minimum absolute atomic E-state index is 0.572. The van der Waals surface area contributed by atoms with Gasteiger partial charge in [0.1, 0.15) is 0 Å². The van der Waals surface area contributed by atoms with Crippen molar-refractivity contribution in [3.05, 3.63) is 18.2 Å². The summed E-state index contributed by atoms with van der Waals surface area (Å²) in [5.74, 6) is 0.572. The number of nitrogens with two attached hydrogens (primary N) is 1. The second-order valence-electron chi connectivity index (χ2n) is 2.96. The molecule has 0 aliphatic carbocycles. The first-order valence-electron chi connectivity index (χ1n) is 4.13. The fourth-order valence-electron chi connectivity index (χ4n) is 1.55. The third-order valence-corrected chi connectivity index (χ3v) is 2.17. The van der Waals surface area contributed by atoms with E-state index in [1.807, 2.05) is 32.3 Å². The van der Waals surface area contributed by atoms with Crippen LogP contribution in [0.15, 0.2) is 18.2 Å². The van der Waals surface area contributed by atoms with Crippen molar-refractivity contribution in [3.8, 4) is 0 Å². The zero-order chi connectivity index (χ0) is 9.42. The molecule has 0 aliphatic heterocycles. The Morgan fingerprint density at radius 1 is 1.46 bits per heavy atom. The molecule has 0 bridgehead atoms. The second kappa shape index (κ2) is 2.65. The molecule has 0 atom stereocenters. The number of nitrogens with zero attached hydrogens (tertiary/aromatic N) is 2. The highest BCUT2D eigenvalue weighted by molar-refractivity contribution is 5.99. The first kappa shape index (κ1) is 7.91. The lowest BCUT2D eigenvalue weighted by atomic mass is 10.2. The Morgan fingerprint density at radius 2 is 2.23 bits per heavy atom. The molecular formula is C9H12N4. The molecule has 0 spiro atoms. The molecule has 0 saturated carbocycles. The molecule has 0 saturated heterocycles. The largest absolute Gasteiger partial charge is 0.387 e. The summed E-state index contributed by atoms with van der Waals surface area (Å²) in [6.45, 7) is 0. The van der Waals surface area contributed by atoms with Gasteiger partial charge in [0.2, 0.25) is 0 Å². The van der Waals surface area contributed by atoms with Crippen molar-refractivity contribution < 1.29 is 0 Å². The van der Waals surface area contributed by atoms with Gasteiger partial charge in [0, 0.05) is 19.8 Å². The van der Waals surface area contributed by atoms with Crippen LogP contribution >= 0.6 is 0 Å². The van der Waals surface area contributed by atoms with Gasteiger partial charge in [-0.2, -0.15) is 5.10 Å². The Hall–Kier alpha value is -1.71. The van der Waals surface area contributed by atoms with Crippen LogP contribution < -0.4 is 11.1 Å². The van der Waals surface area contributed by atoms with Gasteiger partial charge in [-0.25, -0.2) is 0 Å². The van der Waals surface area contributed by atoms with Crippen LogP contribution in [0.25, 0.3) is 10.9 Å². The molecule has 2 rings (SSSR count). The van der Waals surface area contributed by atoms with E-state index in [0.29, 0.717) is 5.82 Å². The van der Waals surface area contributed by atoms with Crippen LogP contribution in [0, 0.1) is 0 Å². The van der Waals surface area contributed by atoms with Crippen LogP contribution in [-0.2, 0) is 7.05 Å². The number of fused-ring (bicyclic) bond motifs is 1. The van der Waals surface area contributed by atoms with Crippen LogP contribution in [0.3, 0.4) is 0 Å². The number of nitrogen functional groups attached to an aromatic ring is 1. The number of nitrogens with one attached hydrogen (secondary N) is 1. The zero-order valence-electron chi connectivity index (χ0n) is 7.70. The Morgan fingerprint density at radius 3 is 2.92 bits per heavy atom. The molecular weight excluding hydrogens is 164 g/mol. The van der Waals surface area contributed by atoms with Gasteiger partial charge in [0.05, 0.1) is 10.9 Å².